The summed E-state index contributed by atoms with van der Waals surface area (Å²) in [6.45, 7) is 1.30. The van der Waals surface area contributed by atoms with Crippen LogP contribution in [0.3, 0.4) is 0 Å². The average Bonchev–Trinajstić information content (AvgIpc) is 3.08. The summed E-state index contributed by atoms with van der Waals surface area (Å²) in [5.74, 6) is -0.155. The Morgan fingerprint density at radius 3 is 2.83 bits per heavy atom. The molecule has 2 aromatic rings. The lowest BCUT2D eigenvalue weighted by Crippen LogP contribution is -2.45. The van der Waals surface area contributed by atoms with Crippen molar-refractivity contribution >= 4 is 5.91 Å². The van der Waals surface area contributed by atoms with E-state index in [1.54, 1.807) is 0 Å². The number of nitrogens with one attached hydrogen (secondary N) is 1. The number of carbonyl (C=O) groups is 1. The predicted octanol–water partition coefficient (Wildman–Crippen LogP) is 1.07. The molecule has 0 saturated carbocycles. The van der Waals surface area contributed by atoms with Crippen LogP contribution in [0.2, 0.25) is 0 Å². The molecule has 0 aliphatic carbocycles. The molecule has 1 aliphatic rings. The maximum atomic E-state index is 12.7. The molecule has 0 spiro atoms. The average molecular weight is 313 g/mol. The van der Waals surface area contributed by atoms with E-state index in [2.05, 4.69) is 10.3 Å². The number of hydrogen-bond donors (Lipinski definition) is 1. The molecule has 2 heterocycles. The number of aromatic nitrogens is 2. The van der Waals surface area contributed by atoms with E-state index >= 15 is 0 Å². The van der Waals surface area contributed by atoms with Gasteiger partial charge in [-0.3, -0.25) is 14.2 Å². The highest BCUT2D eigenvalue weighted by molar-refractivity contribution is 5.86. The van der Waals surface area contributed by atoms with Crippen molar-refractivity contribution < 1.29 is 9.53 Å². The second-order valence-electron chi connectivity index (χ2n) is 5.51. The Bertz CT molecular complexity index is 721. The Morgan fingerprint density at radius 1 is 1.30 bits per heavy atom. The Balaban J connectivity index is 1.68. The van der Waals surface area contributed by atoms with Crippen LogP contribution < -0.4 is 10.9 Å². The summed E-state index contributed by atoms with van der Waals surface area (Å²) >= 11 is 0. The molecule has 6 nitrogen and oxygen atoms in total. The van der Waals surface area contributed by atoms with E-state index in [4.69, 9.17) is 4.74 Å². The minimum Gasteiger partial charge on any atom is -0.360 e. The third-order valence-corrected chi connectivity index (χ3v) is 4.06. The first-order valence-electron chi connectivity index (χ1n) is 7.71. The monoisotopic (exact) mass is 313 g/mol. The van der Waals surface area contributed by atoms with Crippen LogP contribution in [-0.2, 0) is 21.7 Å². The lowest BCUT2D eigenvalue weighted by molar-refractivity contribution is -0.142. The topological polar surface area (TPSA) is 73.2 Å². The molecule has 1 saturated heterocycles. The van der Waals surface area contributed by atoms with Crippen LogP contribution in [-0.4, -0.2) is 28.6 Å². The number of benzene rings is 1. The summed E-state index contributed by atoms with van der Waals surface area (Å²) < 4.78 is 7.29. The molecule has 1 aromatic heterocycles. The largest absolute Gasteiger partial charge is 0.360 e. The standard InChI is InChI=1S/C17H19N3O3/c21-15-7-9-18-13-20(15)11-10-19-16(22)17(8-4-12-23-17)14-5-2-1-3-6-14/h1-3,5-7,9,13H,4,8,10-12H2,(H,19,22). The Labute approximate surface area is 134 Å². The van der Waals surface area contributed by atoms with Crippen molar-refractivity contribution in [3.63, 3.8) is 0 Å². The first-order valence-corrected chi connectivity index (χ1v) is 7.71. The second-order valence-corrected chi connectivity index (χ2v) is 5.51. The number of amides is 1. The van der Waals surface area contributed by atoms with E-state index in [0.29, 0.717) is 26.1 Å². The molecule has 1 aromatic carbocycles. The van der Waals surface area contributed by atoms with Gasteiger partial charge in [-0.15, -0.1) is 0 Å². The van der Waals surface area contributed by atoms with Gasteiger partial charge >= 0.3 is 0 Å². The number of ether oxygens (including phenoxy) is 1. The van der Waals surface area contributed by atoms with Gasteiger partial charge in [0.2, 0.25) is 0 Å². The molecule has 0 radical (unpaired) electrons. The van der Waals surface area contributed by atoms with Gasteiger partial charge < -0.3 is 10.1 Å². The minimum absolute atomic E-state index is 0.135. The summed E-state index contributed by atoms with van der Waals surface area (Å²) in [4.78, 5) is 28.2. The lowest BCUT2D eigenvalue weighted by atomic mass is 9.90. The zero-order valence-corrected chi connectivity index (χ0v) is 12.8. The highest BCUT2D eigenvalue weighted by Crippen LogP contribution is 2.36. The molecule has 0 bridgehead atoms. The molecule has 1 N–H and O–H groups in total. The van der Waals surface area contributed by atoms with Crippen LogP contribution in [0.1, 0.15) is 18.4 Å². The SMILES string of the molecule is O=C(NCCn1cnccc1=O)C1(c2ccccc2)CCCO1. The van der Waals surface area contributed by atoms with Gasteiger partial charge in [0.05, 0.1) is 6.33 Å². The number of nitrogens with zero attached hydrogens (tertiary/aromatic N) is 2. The van der Waals surface area contributed by atoms with E-state index in [0.717, 1.165) is 12.0 Å². The molecule has 1 fully saturated rings. The van der Waals surface area contributed by atoms with Crippen LogP contribution in [0.4, 0.5) is 0 Å². The highest BCUT2D eigenvalue weighted by atomic mass is 16.5. The van der Waals surface area contributed by atoms with Gasteiger partial charge in [-0.05, 0) is 18.4 Å². The van der Waals surface area contributed by atoms with E-state index in [-0.39, 0.29) is 11.5 Å². The fourth-order valence-electron chi connectivity index (χ4n) is 2.86. The van der Waals surface area contributed by atoms with E-state index in [1.165, 1.54) is 23.2 Å². The Hall–Kier alpha value is -2.47. The molecular formula is C17H19N3O3. The number of rotatable bonds is 5. The molecule has 3 rings (SSSR count). The van der Waals surface area contributed by atoms with Gasteiger partial charge in [-0.25, -0.2) is 4.98 Å². The zero-order valence-electron chi connectivity index (χ0n) is 12.8. The highest BCUT2D eigenvalue weighted by Gasteiger charge is 2.44. The van der Waals surface area contributed by atoms with Crippen molar-refractivity contribution in [2.75, 3.05) is 13.2 Å². The molecule has 1 amide bonds. The molecule has 6 heteroatoms. The third-order valence-electron chi connectivity index (χ3n) is 4.06. The predicted molar refractivity (Wildman–Crippen MR) is 84.8 cm³/mol. The number of hydrogen-bond acceptors (Lipinski definition) is 4. The normalized spacial score (nSPS) is 20.3. The molecular weight excluding hydrogens is 294 g/mol. The summed E-state index contributed by atoms with van der Waals surface area (Å²) in [6.07, 6.45) is 4.43. The molecule has 120 valence electrons. The summed E-state index contributed by atoms with van der Waals surface area (Å²) in [7, 11) is 0. The zero-order chi connectivity index (χ0) is 16.1. The van der Waals surface area contributed by atoms with Crippen LogP contribution >= 0.6 is 0 Å². The molecule has 23 heavy (non-hydrogen) atoms. The minimum atomic E-state index is -0.916. The summed E-state index contributed by atoms with van der Waals surface area (Å²) in [5.41, 5.74) is -0.182. The first-order chi connectivity index (χ1) is 11.2. The van der Waals surface area contributed by atoms with E-state index < -0.39 is 5.60 Å². The third kappa shape index (κ3) is 3.17. The van der Waals surface area contributed by atoms with Gasteiger partial charge in [0, 0.05) is 32.0 Å². The van der Waals surface area contributed by atoms with Gasteiger partial charge in [-0.1, -0.05) is 30.3 Å². The van der Waals surface area contributed by atoms with Crippen molar-refractivity contribution in [1.29, 1.82) is 0 Å². The summed E-state index contributed by atoms with van der Waals surface area (Å²) in [5, 5.41) is 2.89. The molecule has 1 aliphatic heterocycles. The lowest BCUT2D eigenvalue weighted by Gasteiger charge is -2.27. The number of carbonyl (C=O) groups excluding carboxylic acids is 1. The van der Waals surface area contributed by atoms with Crippen LogP contribution in [0.5, 0.6) is 0 Å². The Morgan fingerprint density at radius 2 is 2.13 bits per heavy atom. The van der Waals surface area contributed by atoms with Gasteiger partial charge in [0.1, 0.15) is 0 Å². The van der Waals surface area contributed by atoms with Crippen molar-refractivity contribution in [1.82, 2.24) is 14.9 Å². The van der Waals surface area contributed by atoms with Gasteiger partial charge in [0.15, 0.2) is 5.60 Å². The quantitative estimate of drug-likeness (QED) is 0.896. The molecule has 1 atom stereocenters. The van der Waals surface area contributed by atoms with Gasteiger partial charge in [0.25, 0.3) is 11.5 Å². The van der Waals surface area contributed by atoms with Crippen molar-refractivity contribution in [3.05, 3.63) is 64.8 Å². The van der Waals surface area contributed by atoms with E-state index in [9.17, 15) is 9.59 Å². The first kappa shape index (κ1) is 15.4. The molecule has 1 unspecified atom stereocenters. The van der Waals surface area contributed by atoms with Crippen LogP contribution in [0.15, 0.2) is 53.7 Å². The van der Waals surface area contributed by atoms with Crippen molar-refractivity contribution in [3.8, 4) is 0 Å². The van der Waals surface area contributed by atoms with E-state index in [1.807, 2.05) is 30.3 Å². The second kappa shape index (κ2) is 6.75. The van der Waals surface area contributed by atoms with Gasteiger partial charge in [-0.2, -0.15) is 0 Å². The fraction of sp³-hybridized carbons (Fsp3) is 0.353. The summed E-state index contributed by atoms with van der Waals surface area (Å²) in [6, 6.07) is 10.9. The van der Waals surface area contributed by atoms with Crippen LogP contribution in [0.25, 0.3) is 0 Å². The maximum absolute atomic E-state index is 12.7. The fourth-order valence-corrected chi connectivity index (χ4v) is 2.86. The van der Waals surface area contributed by atoms with Crippen molar-refractivity contribution in [2.45, 2.75) is 25.0 Å². The van der Waals surface area contributed by atoms with Crippen molar-refractivity contribution in [2.24, 2.45) is 0 Å². The smallest absolute Gasteiger partial charge is 0.256 e. The Kier molecular flexibility index (Phi) is 4.52. The van der Waals surface area contributed by atoms with Crippen LogP contribution in [0, 0.1) is 0 Å². The maximum Gasteiger partial charge on any atom is 0.256 e.